The smallest absolute Gasteiger partial charge is 0.232 e. The summed E-state index contributed by atoms with van der Waals surface area (Å²) in [6.07, 6.45) is 1.20. The molecule has 0 atom stereocenters. The van der Waals surface area contributed by atoms with Crippen molar-refractivity contribution in [3.8, 4) is 0 Å². The van der Waals surface area contributed by atoms with Crippen LogP contribution in [0.1, 0.15) is 18.4 Å². The van der Waals surface area contributed by atoms with E-state index in [0.717, 1.165) is 5.56 Å². The van der Waals surface area contributed by atoms with E-state index in [-0.39, 0.29) is 18.3 Å². The van der Waals surface area contributed by atoms with Gasteiger partial charge >= 0.3 is 0 Å². The normalized spacial score (nSPS) is 18.1. The first kappa shape index (κ1) is 14.0. The molecule has 1 aromatic rings. The number of rotatable bonds is 3. The van der Waals surface area contributed by atoms with E-state index in [9.17, 15) is 9.18 Å². The molecular formula is C14H19FN2O2. The maximum absolute atomic E-state index is 13.3. The van der Waals surface area contributed by atoms with Crippen LogP contribution in [0.2, 0.25) is 0 Å². The van der Waals surface area contributed by atoms with Crippen molar-refractivity contribution < 1.29 is 13.9 Å². The Hall–Kier alpha value is -1.46. The molecule has 1 heterocycles. The lowest BCUT2D eigenvalue weighted by Gasteiger charge is -2.34. The maximum Gasteiger partial charge on any atom is 0.232 e. The van der Waals surface area contributed by atoms with Crippen LogP contribution in [0, 0.1) is 18.2 Å². The summed E-state index contributed by atoms with van der Waals surface area (Å²) < 4.78 is 18.6. The zero-order chi connectivity index (χ0) is 13.9. The minimum atomic E-state index is -0.599. The van der Waals surface area contributed by atoms with Gasteiger partial charge in [0, 0.05) is 25.4 Å². The molecule has 1 aliphatic rings. The Labute approximate surface area is 112 Å². The molecule has 0 spiro atoms. The van der Waals surface area contributed by atoms with Crippen LogP contribution in [0.5, 0.6) is 0 Å². The summed E-state index contributed by atoms with van der Waals surface area (Å²) >= 11 is 0. The molecule has 2 rings (SSSR count). The van der Waals surface area contributed by atoms with E-state index in [0.29, 0.717) is 31.7 Å². The molecule has 1 saturated heterocycles. The van der Waals surface area contributed by atoms with Crippen LogP contribution < -0.4 is 11.1 Å². The minimum Gasteiger partial charge on any atom is -0.381 e. The third-order valence-corrected chi connectivity index (χ3v) is 3.62. The van der Waals surface area contributed by atoms with Gasteiger partial charge in [-0.1, -0.05) is 0 Å². The molecule has 0 bridgehead atoms. The molecule has 0 aromatic heterocycles. The highest BCUT2D eigenvalue weighted by Gasteiger charge is 2.38. The van der Waals surface area contributed by atoms with Gasteiger partial charge in [0.2, 0.25) is 5.91 Å². The number of aryl methyl sites for hydroxylation is 1. The predicted octanol–water partition coefficient (Wildman–Crippen LogP) is 1.83. The number of amides is 1. The molecule has 5 heteroatoms. The Bertz CT molecular complexity index is 450. The van der Waals surface area contributed by atoms with Gasteiger partial charge < -0.3 is 15.8 Å². The Kier molecular flexibility index (Phi) is 4.17. The molecule has 0 unspecified atom stereocenters. The Morgan fingerprint density at radius 3 is 2.68 bits per heavy atom. The van der Waals surface area contributed by atoms with Crippen molar-refractivity contribution in [1.82, 2.24) is 0 Å². The fourth-order valence-electron chi connectivity index (χ4n) is 2.36. The Morgan fingerprint density at radius 1 is 1.42 bits per heavy atom. The fourth-order valence-corrected chi connectivity index (χ4v) is 2.36. The molecule has 1 amide bonds. The molecule has 1 fully saturated rings. The molecule has 0 radical (unpaired) electrons. The van der Waals surface area contributed by atoms with Gasteiger partial charge in [0.1, 0.15) is 5.82 Å². The fraction of sp³-hybridized carbons (Fsp3) is 0.500. The molecule has 104 valence electrons. The molecule has 1 aromatic carbocycles. The summed E-state index contributed by atoms with van der Waals surface area (Å²) in [4.78, 5) is 12.4. The molecule has 0 aliphatic carbocycles. The second kappa shape index (κ2) is 5.67. The van der Waals surface area contributed by atoms with Crippen LogP contribution in [-0.2, 0) is 9.53 Å². The van der Waals surface area contributed by atoms with Gasteiger partial charge in [0.25, 0.3) is 0 Å². The lowest BCUT2D eigenvalue weighted by atomic mass is 9.79. The average Bonchev–Trinajstić information content (AvgIpc) is 2.38. The number of nitrogens with one attached hydrogen (secondary N) is 1. The summed E-state index contributed by atoms with van der Waals surface area (Å²) in [5.41, 5.74) is 6.40. The van der Waals surface area contributed by atoms with Gasteiger partial charge in [-0.2, -0.15) is 0 Å². The number of hydrogen-bond donors (Lipinski definition) is 2. The van der Waals surface area contributed by atoms with Gasteiger partial charge in [0.15, 0.2) is 0 Å². The van der Waals surface area contributed by atoms with Crippen molar-refractivity contribution >= 4 is 11.6 Å². The molecule has 1 aliphatic heterocycles. The number of nitrogens with two attached hydrogens (primary N) is 1. The molecule has 19 heavy (non-hydrogen) atoms. The zero-order valence-electron chi connectivity index (χ0n) is 11.0. The second-order valence-electron chi connectivity index (χ2n) is 5.07. The first-order valence-electron chi connectivity index (χ1n) is 6.42. The Morgan fingerprint density at radius 2 is 2.11 bits per heavy atom. The van der Waals surface area contributed by atoms with E-state index < -0.39 is 5.41 Å². The van der Waals surface area contributed by atoms with Gasteiger partial charge in [-0.3, -0.25) is 4.79 Å². The number of carbonyl (C=O) groups excluding carboxylic acids is 1. The molecular weight excluding hydrogens is 247 g/mol. The van der Waals surface area contributed by atoms with E-state index >= 15 is 0 Å². The molecule has 3 N–H and O–H groups in total. The van der Waals surface area contributed by atoms with E-state index in [4.69, 9.17) is 10.5 Å². The number of halogens is 1. The first-order chi connectivity index (χ1) is 9.05. The van der Waals surface area contributed by atoms with Crippen molar-refractivity contribution in [2.75, 3.05) is 25.1 Å². The first-order valence-corrected chi connectivity index (χ1v) is 6.42. The highest BCUT2D eigenvalue weighted by atomic mass is 19.1. The van der Waals surface area contributed by atoms with Gasteiger partial charge in [-0.05, 0) is 43.5 Å². The van der Waals surface area contributed by atoms with Gasteiger partial charge in [-0.25, -0.2) is 4.39 Å². The standard InChI is InChI=1S/C14H19FN2O2/c1-10-6-11(15)8-12(7-10)17-13(18)14(9-16)2-4-19-5-3-14/h6-8H,2-5,9,16H2,1H3,(H,17,18). The van der Waals surface area contributed by atoms with Crippen molar-refractivity contribution in [1.29, 1.82) is 0 Å². The van der Waals surface area contributed by atoms with Gasteiger partial charge in [-0.15, -0.1) is 0 Å². The predicted molar refractivity (Wildman–Crippen MR) is 71.3 cm³/mol. The Balaban J connectivity index is 2.14. The zero-order valence-corrected chi connectivity index (χ0v) is 11.0. The summed E-state index contributed by atoms with van der Waals surface area (Å²) in [7, 11) is 0. The van der Waals surface area contributed by atoms with Crippen LogP contribution in [0.4, 0.5) is 10.1 Å². The topological polar surface area (TPSA) is 64.4 Å². The van der Waals surface area contributed by atoms with Gasteiger partial charge in [0.05, 0.1) is 5.41 Å². The maximum atomic E-state index is 13.3. The van der Waals surface area contributed by atoms with E-state index in [1.165, 1.54) is 12.1 Å². The SMILES string of the molecule is Cc1cc(F)cc(NC(=O)C2(CN)CCOCC2)c1. The lowest BCUT2D eigenvalue weighted by molar-refractivity contribution is -0.130. The van der Waals surface area contributed by atoms with Crippen molar-refractivity contribution in [3.63, 3.8) is 0 Å². The number of benzene rings is 1. The summed E-state index contributed by atoms with van der Waals surface area (Å²) in [6.45, 7) is 3.13. The van der Waals surface area contributed by atoms with Crippen LogP contribution in [0.3, 0.4) is 0 Å². The summed E-state index contributed by atoms with van der Waals surface area (Å²) in [5.74, 6) is -0.507. The monoisotopic (exact) mass is 266 g/mol. The highest BCUT2D eigenvalue weighted by Crippen LogP contribution is 2.31. The number of anilines is 1. The summed E-state index contributed by atoms with van der Waals surface area (Å²) in [5, 5.41) is 2.77. The average molecular weight is 266 g/mol. The minimum absolute atomic E-state index is 0.150. The second-order valence-corrected chi connectivity index (χ2v) is 5.07. The largest absolute Gasteiger partial charge is 0.381 e. The number of hydrogen-bond acceptors (Lipinski definition) is 3. The molecule has 0 saturated carbocycles. The van der Waals surface area contributed by atoms with Crippen LogP contribution in [-0.4, -0.2) is 25.7 Å². The summed E-state index contributed by atoms with van der Waals surface area (Å²) in [6, 6.07) is 4.47. The highest BCUT2D eigenvalue weighted by molar-refractivity contribution is 5.95. The number of ether oxygens (including phenoxy) is 1. The van der Waals surface area contributed by atoms with Crippen molar-refractivity contribution in [2.24, 2.45) is 11.1 Å². The number of carbonyl (C=O) groups is 1. The third kappa shape index (κ3) is 3.11. The van der Waals surface area contributed by atoms with Crippen molar-refractivity contribution in [2.45, 2.75) is 19.8 Å². The van der Waals surface area contributed by atoms with E-state index in [1.807, 2.05) is 0 Å². The van der Waals surface area contributed by atoms with E-state index in [1.54, 1.807) is 13.0 Å². The molecule has 4 nitrogen and oxygen atoms in total. The van der Waals surface area contributed by atoms with E-state index in [2.05, 4.69) is 5.32 Å². The third-order valence-electron chi connectivity index (χ3n) is 3.62. The van der Waals surface area contributed by atoms with Crippen LogP contribution in [0.15, 0.2) is 18.2 Å². The quantitative estimate of drug-likeness (QED) is 0.877. The van der Waals surface area contributed by atoms with Crippen LogP contribution in [0.25, 0.3) is 0 Å². The van der Waals surface area contributed by atoms with Crippen LogP contribution >= 0.6 is 0 Å². The van der Waals surface area contributed by atoms with Crippen molar-refractivity contribution in [3.05, 3.63) is 29.6 Å². The lowest BCUT2D eigenvalue weighted by Crippen LogP contribution is -2.46.